The van der Waals surface area contributed by atoms with Crippen LogP contribution in [0.2, 0.25) is 0 Å². The van der Waals surface area contributed by atoms with E-state index in [-0.39, 0.29) is 24.4 Å². The smallest absolute Gasteiger partial charge is 0.342 e. The maximum absolute atomic E-state index is 12.0. The van der Waals surface area contributed by atoms with E-state index in [0.29, 0.717) is 0 Å². The van der Waals surface area contributed by atoms with Crippen LogP contribution in [0.1, 0.15) is 38.8 Å². The van der Waals surface area contributed by atoms with Crippen molar-refractivity contribution < 1.29 is 4.79 Å². The molecule has 0 unspecified atom stereocenters. The number of carbonyl (C=O) groups is 1. The summed E-state index contributed by atoms with van der Waals surface area (Å²) >= 11 is 0. The second-order valence-corrected chi connectivity index (χ2v) is 4.33. The fourth-order valence-corrected chi connectivity index (χ4v) is 1.83. The summed E-state index contributed by atoms with van der Waals surface area (Å²) in [7, 11) is 0. The van der Waals surface area contributed by atoms with E-state index >= 15 is 0 Å². The zero-order valence-corrected chi connectivity index (χ0v) is 11.4. The molecule has 0 saturated carbocycles. The van der Waals surface area contributed by atoms with Gasteiger partial charge in [0.15, 0.2) is 0 Å². The van der Waals surface area contributed by atoms with E-state index < -0.39 is 11.2 Å². The number of carbonyl (C=O) groups excluding carboxylic acids is 1. The molecule has 106 valence electrons. The highest BCUT2D eigenvalue weighted by molar-refractivity contribution is 5.76. The van der Waals surface area contributed by atoms with Gasteiger partial charge in [-0.25, -0.2) is 9.89 Å². The van der Waals surface area contributed by atoms with Gasteiger partial charge in [0.2, 0.25) is 5.91 Å². The van der Waals surface area contributed by atoms with Crippen molar-refractivity contribution in [1.82, 2.24) is 20.1 Å². The summed E-state index contributed by atoms with van der Waals surface area (Å²) in [5.41, 5.74) is -0.992. The Hall–Kier alpha value is -1.92. The highest BCUT2D eigenvalue weighted by atomic mass is 16.2. The molecule has 0 saturated heterocycles. The Kier molecular flexibility index (Phi) is 5.98. The largest absolute Gasteiger partial charge is 0.343 e. The second kappa shape index (κ2) is 7.50. The normalized spacial score (nSPS) is 10.4. The number of H-pyrrole nitrogens is 2. The number of nitrogens with zero attached hydrogens (tertiary/aromatic N) is 2. The van der Waals surface area contributed by atoms with Crippen LogP contribution in [-0.2, 0) is 11.2 Å². The maximum Gasteiger partial charge on any atom is 0.342 e. The number of nitrogens with one attached hydrogen (secondary N) is 2. The molecule has 1 rings (SSSR count). The molecule has 7 heteroatoms. The summed E-state index contributed by atoms with van der Waals surface area (Å²) in [4.78, 5) is 38.1. The van der Waals surface area contributed by atoms with Crippen molar-refractivity contribution in [3.05, 3.63) is 26.5 Å². The Morgan fingerprint density at radius 3 is 2.37 bits per heavy atom. The molecule has 1 aromatic rings. The van der Waals surface area contributed by atoms with Crippen molar-refractivity contribution in [2.24, 2.45) is 0 Å². The third kappa shape index (κ3) is 4.69. The number of amides is 1. The molecule has 1 amide bonds. The highest BCUT2D eigenvalue weighted by Crippen LogP contribution is 2.01. The first-order valence-electron chi connectivity index (χ1n) is 6.54. The number of rotatable bonds is 7. The summed E-state index contributed by atoms with van der Waals surface area (Å²) < 4.78 is 0. The van der Waals surface area contributed by atoms with Crippen LogP contribution in [0.4, 0.5) is 0 Å². The molecule has 0 atom stereocenters. The Labute approximate surface area is 111 Å². The van der Waals surface area contributed by atoms with E-state index in [1.807, 2.05) is 13.8 Å². The van der Waals surface area contributed by atoms with E-state index in [9.17, 15) is 14.4 Å². The van der Waals surface area contributed by atoms with Gasteiger partial charge in [-0.3, -0.25) is 14.6 Å². The number of hydrogen-bond acceptors (Lipinski definition) is 4. The fraction of sp³-hybridized carbons (Fsp3) is 0.667. The van der Waals surface area contributed by atoms with Gasteiger partial charge in [0.05, 0.1) is 0 Å². The van der Waals surface area contributed by atoms with E-state index in [1.54, 1.807) is 4.90 Å². The van der Waals surface area contributed by atoms with Crippen molar-refractivity contribution in [2.45, 2.75) is 39.5 Å². The maximum atomic E-state index is 12.0. The number of aryl methyl sites for hydroxylation is 1. The van der Waals surface area contributed by atoms with Crippen molar-refractivity contribution in [3.8, 4) is 0 Å². The number of aromatic nitrogens is 3. The first-order chi connectivity index (χ1) is 9.08. The first-order valence-corrected chi connectivity index (χ1v) is 6.54. The molecule has 1 aromatic heterocycles. The van der Waals surface area contributed by atoms with Gasteiger partial charge in [0.1, 0.15) is 5.69 Å². The molecule has 7 nitrogen and oxygen atoms in total. The van der Waals surface area contributed by atoms with Gasteiger partial charge in [-0.2, -0.15) is 5.10 Å². The lowest BCUT2D eigenvalue weighted by molar-refractivity contribution is -0.131. The minimum atomic E-state index is -0.640. The topological polar surface area (TPSA) is 98.9 Å². The van der Waals surface area contributed by atoms with Gasteiger partial charge < -0.3 is 4.90 Å². The average molecular weight is 268 g/mol. The molecule has 0 aliphatic carbocycles. The predicted octanol–water partition coefficient (Wildman–Crippen LogP) is 0.0394. The minimum Gasteiger partial charge on any atom is -0.343 e. The molecular formula is C12H20N4O3. The molecular weight excluding hydrogens is 248 g/mol. The monoisotopic (exact) mass is 268 g/mol. The van der Waals surface area contributed by atoms with Crippen molar-refractivity contribution in [2.75, 3.05) is 13.1 Å². The lowest BCUT2D eigenvalue weighted by atomic mass is 10.2. The fourth-order valence-electron chi connectivity index (χ4n) is 1.83. The van der Waals surface area contributed by atoms with Gasteiger partial charge in [-0.05, 0) is 12.8 Å². The molecule has 0 radical (unpaired) electrons. The summed E-state index contributed by atoms with van der Waals surface area (Å²) in [6, 6.07) is 0. The van der Waals surface area contributed by atoms with Gasteiger partial charge in [-0.1, -0.05) is 13.8 Å². The first kappa shape index (κ1) is 15.1. The van der Waals surface area contributed by atoms with Gasteiger partial charge in [0.25, 0.3) is 5.56 Å². The molecule has 2 N–H and O–H groups in total. The van der Waals surface area contributed by atoms with Gasteiger partial charge in [0, 0.05) is 25.9 Å². The standard InChI is InChI=1S/C12H20N4O3/c1-3-7-16(8-4-2)10(17)6-5-9-11(18)13-12(19)15-14-9/h3-8H2,1-2H3,(H2,13,15,18,19). The third-order valence-electron chi connectivity index (χ3n) is 2.70. The van der Waals surface area contributed by atoms with Crippen molar-refractivity contribution in [3.63, 3.8) is 0 Å². The summed E-state index contributed by atoms with van der Waals surface area (Å²) in [6.07, 6.45) is 2.27. The quantitative estimate of drug-likeness (QED) is 0.729. The van der Waals surface area contributed by atoms with E-state index in [0.717, 1.165) is 25.9 Å². The molecule has 1 heterocycles. The Morgan fingerprint density at radius 1 is 1.21 bits per heavy atom. The van der Waals surface area contributed by atoms with Crippen LogP contribution in [0.5, 0.6) is 0 Å². The van der Waals surface area contributed by atoms with Gasteiger partial charge in [-0.15, -0.1) is 0 Å². The van der Waals surface area contributed by atoms with Crippen LogP contribution in [0.25, 0.3) is 0 Å². The Balaban J connectivity index is 2.61. The van der Waals surface area contributed by atoms with Crippen LogP contribution in [0.15, 0.2) is 9.59 Å². The molecule has 0 fully saturated rings. The number of aromatic amines is 2. The Bertz CT molecular complexity index is 514. The molecule has 0 spiro atoms. The van der Waals surface area contributed by atoms with Crippen molar-refractivity contribution in [1.29, 1.82) is 0 Å². The molecule has 0 aromatic carbocycles. The van der Waals surface area contributed by atoms with E-state index in [1.165, 1.54) is 0 Å². The van der Waals surface area contributed by atoms with E-state index in [2.05, 4.69) is 15.2 Å². The van der Waals surface area contributed by atoms with Crippen LogP contribution in [0, 0.1) is 0 Å². The summed E-state index contributed by atoms with van der Waals surface area (Å²) in [6.45, 7) is 5.48. The predicted molar refractivity (Wildman–Crippen MR) is 71.0 cm³/mol. The highest BCUT2D eigenvalue weighted by Gasteiger charge is 2.13. The molecule has 0 aliphatic rings. The lowest BCUT2D eigenvalue weighted by Crippen LogP contribution is -2.33. The summed E-state index contributed by atoms with van der Waals surface area (Å²) in [5.74, 6) is 0.0103. The number of hydrogen-bond donors (Lipinski definition) is 2. The zero-order valence-electron chi connectivity index (χ0n) is 11.4. The lowest BCUT2D eigenvalue weighted by Gasteiger charge is -2.21. The third-order valence-corrected chi connectivity index (χ3v) is 2.70. The molecule has 19 heavy (non-hydrogen) atoms. The van der Waals surface area contributed by atoms with Crippen LogP contribution < -0.4 is 11.2 Å². The van der Waals surface area contributed by atoms with Crippen LogP contribution >= 0.6 is 0 Å². The average Bonchev–Trinajstić information content (AvgIpc) is 2.37. The molecule has 0 aliphatic heterocycles. The van der Waals surface area contributed by atoms with Crippen LogP contribution in [0.3, 0.4) is 0 Å². The molecule has 0 bridgehead atoms. The van der Waals surface area contributed by atoms with Crippen LogP contribution in [-0.4, -0.2) is 39.1 Å². The van der Waals surface area contributed by atoms with E-state index in [4.69, 9.17) is 0 Å². The second-order valence-electron chi connectivity index (χ2n) is 4.33. The Morgan fingerprint density at radius 2 is 1.84 bits per heavy atom. The zero-order chi connectivity index (χ0) is 14.3. The van der Waals surface area contributed by atoms with Gasteiger partial charge >= 0.3 is 5.69 Å². The van der Waals surface area contributed by atoms with Crippen molar-refractivity contribution >= 4 is 5.91 Å². The minimum absolute atomic E-state index is 0.0103. The SMILES string of the molecule is CCCN(CCC)C(=O)CCc1n[nH]c(=O)[nH]c1=O. The summed E-state index contributed by atoms with van der Waals surface area (Å²) in [5, 5.41) is 5.81.